The van der Waals surface area contributed by atoms with E-state index in [1.165, 1.54) is 12.1 Å². The van der Waals surface area contributed by atoms with Crippen LogP contribution in [-0.4, -0.2) is 11.6 Å². The third-order valence-electron chi connectivity index (χ3n) is 5.92. The van der Waals surface area contributed by atoms with Crippen molar-refractivity contribution in [2.75, 3.05) is 0 Å². The summed E-state index contributed by atoms with van der Waals surface area (Å²) in [6, 6.07) is 13.0. The average molecular weight is 494 g/mol. The molecule has 6 rings (SSSR count). The fraction of sp³-hybridized carbons (Fsp3) is 0. The highest BCUT2D eigenvalue weighted by molar-refractivity contribution is 7.27. The third kappa shape index (κ3) is 3.10. The van der Waals surface area contributed by atoms with Crippen molar-refractivity contribution in [3.8, 4) is 11.3 Å². The maximum absolute atomic E-state index is 14.3. The highest BCUT2D eigenvalue weighted by Crippen LogP contribution is 2.36. The quantitative estimate of drug-likeness (QED) is 0.0942. The molecule has 4 nitrogen and oxygen atoms in total. The Kier molecular flexibility index (Phi) is 4.60. The molecule has 1 aliphatic carbocycles. The maximum atomic E-state index is 14.3. The highest BCUT2D eigenvalue weighted by Gasteiger charge is 2.34. The number of halogens is 4. The third-order valence-corrected chi connectivity index (χ3v) is 6.43. The van der Waals surface area contributed by atoms with Gasteiger partial charge in [-0.05, 0) is 29.0 Å². The lowest BCUT2D eigenvalue weighted by Gasteiger charge is -2.07. The van der Waals surface area contributed by atoms with E-state index in [0.717, 1.165) is 16.8 Å². The molecule has 0 amide bonds. The fourth-order valence-electron chi connectivity index (χ4n) is 4.20. The number of carbonyl (C=O) groups excluding carboxylic acids is 2. The second-order valence-electron chi connectivity index (χ2n) is 7.99. The smallest absolute Gasteiger partial charge is 0.197 e. The summed E-state index contributed by atoms with van der Waals surface area (Å²) in [5, 5.41) is 0.769. The minimum Gasteiger partial charge on any atom is -0.453 e. The number of Topliss-reactive ketones (excluding diaryl/α,β-unsaturated/α-hetero) is 2. The molecule has 2 aromatic heterocycles. The predicted molar refractivity (Wildman–Crippen MR) is 124 cm³/mol. The number of ketones is 2. The van der Waals surface area contributed by atoms with Gasteiger partial charge in [-0.3, -0.25) is 9.59 Å². The van der Waals surface area contributed by atoms with E-state index in [9.17, 15) is 27.2 Å². The normalized spacial score (nSPS) is 13.3. The van der Waals surface area contributed by atoms with Crippen LogP contribution in [0.25, 0.3) is 39.3 Å². The number of allylic oxidation sites excluding steroid dienone is 1. The van der Waals surface area contributed by atoms with Gasteiger partial charge in [0.05, 0.1) is 11.1 Å². The summed E-state index contributed by atoms with van der Waals surface area (Å²) >= 11 is 0. The molecule has 0 bridgehead atoms. The van der Waals surface area contributed by atoms with E-state index >= 15 is 0 Å². The second kappa shape index (κ2) is 7.48. The van der Waals surface area contributed by atoms with Crippen molar-refractivity contribution in [3.05, 3.63) is 94.3 Å². The molecule has 2 heterocycles. The molecule has 3 aromatic carbocycles. The zero-order valence-corrected chi connectivity index (χ0v) is 18.6. The molecule has 9 heteroatoms. The first-order chi connectivity index (χ1) is 16.7. The van der Waals surface area contributed by atoms with Crippen LogP contribution in [0.15, 0.2) is 62.9 Å². The molecule has 0 radical (unpaired) electrons. The van der Waals surface area contributed by atoms with Crippen LogP contribution < -0.4 is 5.30 Å². The van der Waals surface area contributed by atoms with Crippen molar-refractivity contribution in [3.63, 3.8) is 0 Å². The summed E-state index contributed by atoms with van der Waals surface area (Å²) in [4.78, 5) is 25.8. The standard InChI is InChI=1S/C26H11F4O4P/c27-20-19(21(28)23(30)26(35)22(20)29)18-9-17-16(34-18)8-12(33-17)7-15-24(31)13-5-10-3-1-2-4-11(10)6-14(13)25(15)32/h1-9H,35H2. The Balaban J connectivity index is 1.40. The van der Waals surface area contributed by atoms with Crippen LogP contribution in [0.4, 0.5) is 17.6 Å². The monoisotopic (exact) mass is 494 g/mol. The van der Waals surface area contributed by atoms with Crippen LogP contribution >= 0.6 is 9.24 Å². The lowest BCUT2D eigenvalue weighted by Crippen LogP contribution is -2.12. The number of furan rings is 2. The zero-order chi connectivity index (χ0) is 24.6. The summed E-state index contributed by atoms with van der Waals surface area (Å²) in [6.45, 7) is 0. The molecule has 0 fully saturated rings. The van der Waals surface area contributed by atoms with E-state index in [0.29, 0.717) is 0 Å². The SMILES string of the molecule is O=C1C(=Cc2cc3oc(-c4c(F)c(F)c(P)c(F)c4F)cc3o2)C(=O)c2cc3ccccc3cc21. The lowest BCUT2D eigenvalue weighted by atomic mass is 10.0. The lowest BCUT2D eigenvalue weighted by molar-refractivity contribution is 0.0990. The summed E-state index contributed by atoms with van der Waals surface area (Å²) in [6.07, 6.45) is 1.26. The molecule has 0 saturated heterocycles. The van der Waals surface area contributed by atoms with Crippen LogP contribution in [0.5, 0.6) is 0 Å². The van der Waals surface area contributed by atoms with Gasteiger partial charge >= 0.3 is 0 Å². The fourth-order valence-corrected chi connectivity index (χ4v) is 4.45. The van der Waals surface area contributed by atoms with Crippen LogP contribution in [0.3, 0.4) is 0 Å². The molecule has 0 N–H and O–H groups in total. The van der Waals surface area contributed by atoms with Crippen LogP contribution in [0.2, 0.25) is 0 Å². The van der Waals surface area contributed by atoms with Gasteiger partial charge in [0.15, 0.2) is 46.0 Å². The molecule has 0 aliphatic heterocycles. The van der Waals surface area contributed by atoms with Gasteiger partial charge in [-0.2, -0.15) is 0 Å². The first-order valence-electron chi connectivity index (χ1n) is 10.2. The van der Waals surface area contributed by atoms with E-state index in [1.54, 1.807) is 21.4 Å². The molecular weight excluding hydrogens is 483 g/mol. The molecule has 5 aromatic rings. The Morgan fingerprint density at radius 2 is 1.26 bits per heavy atom. The van der Waals surface area contributed by atoms with Gasteiger partial charge in [0, 0.05) is 28.6 Å². The second-order valence-corrected chi connectivity index (χ2v) is 8.57. The Morgan fingerprint density at radius 1 is 0.714 bits per heavy atom. The van der Waals surface area contributed by atoms with Crippen molar-refractivity contribution in [1.82, 2.24) is 0 Å². The van der Waals surface area contributed by atoms with E-state index in [2.05, 4.69) is 0 Å². The Morgan fingerprint density at radius 3 is 1.80 bits per heavy atom. The van der Waals surface area contributed by atoms with Crippen molar-refractivity contribution in [1.29, 1.82) is 0 Å². The Labute approximate surface area is 196 Å². The number of benzene rings is 3. The van der Waals surface area contributed by atoms with Crippen LogP contribution in [0, 0.1) is 23.3 Å². The number of rotatable bonds is 2. The van der Waals surface area contributed by atoms with E-state index in [-0.39, 0.29) is 33.6 Å². The van der Waals surface area contributed by atoms with Crippen LogP contribution in [-0.2, 0) is 0 Å². The molecule has 35 heavy (non-hydrogen) atoms. The van der Waals surface area contributed by atoms with Gasteiger partial charge in [0.25, 0.3) is 0 Å². The van der Waals surface area contributed by atoms with Crippen molar-refractivity contribution in [2.24, 2.45) is 0 Å². The topological polar surface area (TPSA) is 60.4 Å². The van der Waals surface area contributed by atoms with Gasteiger partial charge in [0.1, 0.15) is 11.5 Å². The van der Waals surface area contributed by atoms with Gasteiger partial charge < -0.3 is 8.83 Å². The predicted octanol–water partition coefficient (Wildman–Crippen LogP) is 6.37. The minimum absolute atomic E-state index is 0.00237. The summed E-state index contributed by atoms with van der Waals surface area (Å²) < 4.78 is 67.4. The summed E-state index contributed by atoms with van der Waals surface area (Å²) in [7, 11) is 1.60. The van der Waals surface area contributed by atoms with Crippen molar-refractivity contribution >= 4 is 54.1 Å². The largest absolute Gasteiger partial charge is 0.453 e. The zero-order valence-electron chi connectivity index (χ0n) is 17.4. The van der Waals surface area contributed by atoms with E-state index in [4.69, 9.17) is 8.83 Å². The van der Waals surface area contributed by atoms with Crippen molar-refractivity contribution < 1.29 is 36.0 Å². The van der Waals surface area contributed by atoms with Crippen LogP contribution in [0.1, 0.15) is 26.5 Å². The number of carbonyl (C=O) groups is 2. The van der Waals surface area contributed by atoms with E-state index < -0.39 is 51.5 Å². The maximum Gasteiger partial charge on any atom is 0.197 e. The molecule has 1 unspecified atom stereocenters. The molecular formula is C26H11F4O4P. The first kappa shape index (κ1) is 21.5. The Hall–Kier alpha value is -4.03. The van der Waals surface area contributed by atoms with Gasteiger partial charge in [-0.15, -0.1) is 0 Å². The number of hydrogen-bond donors (Lipinski definition) is 0. The number of fused-ring (bicyclic) bond motifs is 3. The van der Waals surface area contributed by atoms with Crippen molar-refractivity contribution in [2.45, 2.75) is 0 Å². The Bertz CT molecular complexity index is 1680. The van der Waals surface area contributed by atoms with Gasteiger partial charge in [-0.25, -0.2) is 17.6 Å². The molecule has 0 spiro atoms. The molecule has 1 aliphatic rings. The molecule has 1 atom stereocenters. The minimum atomic E-state index is -1.61. The number of hydrogen-bond acceptors (Lipinski definition) is 4. The molecule has 0 saturated carbocycles. The molecule has 172 valence electrons. The summed E-state index contributed by atoms with van der Waals surface area (Å²) in [5.74, 6) is -7.67. The first-order valence-corrected chi connectivity index (χ1v) is 10.8. The summed E-state index contributed by atoms with van der Waals surface area (Å²) in [5.41, 5.74) is -0.550. The van der Waals surface area contributed by atoms with E-state index in [1.807, 2.05) is 24.3 Å². The highest BCUT2D eigenvalue weighted by atomic mass is 31.0. The van der Waals surface area contributed by atoms with Gasteiger partial charge in [-0.1, -0.05) is 33.5 Å². The van der Waals surface area contributed by atoms with Gasteiger partial charge in [0.2, 0.25) is 0 Å². The average Bonchev–Trinajstić information content (AvgIpc) is 3.48.